The third-order valence-corrected chi connectivity index (χ3v) is 6.54. The normalized spacial score (nSPS) is 17.2. The van der Waals surface area contributed by atoms with E-state index in [0.717, 1.165) is 21.9 Å². The maximum Gasteiger partial charge on any atom is 0.417 e. The highest BCUT2D eigenvalue weighted by molar-refractivity contribution is 7.93. The molecule has 1 aliphatic heterocycles. The molecule has 0 saturated carbocycles. The quantitative estimate of drug-likeness (QED) is 0.480. The second kappa shape index (κ2) is 9.52. The Labute approximate surface area is 206 Å². The lowest BCUT2D eigenvalue weighted by atomic mass is 10.0. The molecular formula is C23H27F3N4O5S. The Hall–Kier alpha value is -3.48. The first-order valence-corrected chi connectivity index (χ1v) is 12.4. The van der Waals surface area contributed by atoms with Crippen LogP contribution in [0.2, 0.25) is 0 Å². The van der Waals surface area contributed by atoms with E-state index in [-0.39, 0.29) is 23.1 Å². The number of aliphatic imine (C=N–C) groups is 1. The highest BCUT2D eigenvalue weighted by Gasteiger charge is 2.38. The van der Waals surface area contributed by atoms with Crippen LogP contribution in [0.3, 0.4) is 0 Å². The fraction of sp³-hybridized carbons (Fsp3) is 0.391. The van der Waals surface area contributed by atoms with E-state index >= 15 is 0 Å². The van der Waals surface area contributed by atoms with Crippen LogP contribution < -0.4 is 10.0 Å². The fourth-order valence-electron chi connectivity index (χ4n) is 3.56. The number of phenolic OH excluding ortho intramolecular Hbond substituents is 1. The number of sulfonamides is 1. The number of hydrogen-bond donors (Lipinski definition) is 3. The molecule has 0 saturated heterocycles. The highest BCUT2D eigenvalue weighted by Crippen LogP contribution is 2.40. The van der Waals surface area contributed by atoms with Crippen LogP contribution in [0.4, 0.5) is 18.9 Å². The first-order valence-electron chi connectivity index (χ1n) is 10.8. The van der Waals surface area contributed by atoms with E-state index in [1.54, 1.807) is 13.0 Å². The van der Waals surface area contributed by atoms with Crippen molar-refractivity contribution in [3.63, 3.8) is 0 Å². The van der Waals surface area contributed by atoms with Crippen LogP contribution in [-0.2, 0) is 16.2 Å². The summed E-state index contributed by atoms with van der Waals surface area (Å²) in [4.78, 5) is 17.9. The monoisotopic (exact) mass is 528 g/mol. The molecule has 3 N–H and O–H groups in total. The predicted octanol–water partition coefficient (Wildman–Crippen LogP) is 4.30. The summed E-state index contributed by atoms with van der Waals surface area (Å²) >= 11 is 0. The number of phenols is 1. The number of aromatic hydroxyl groups is 1. The van der Waals surface area contributed by atoms with E-state index in [1.165, 1.54) is 14.1 Å². The number of rotatable bonds is 6. The van der Waals surface area contributed by atoms with Gasteiger partial charge in [0.2, 0.25) is 0 Å². The van der Waals surface area contributed by atoms with Gasteiger partial charge in [0, 0.05) is 14.1 Å². The average Bonchev–Trinajstić information content (AvgIpc) is 3.22. The lowest BCUT2D eigenvalue weighted by molar-refractivity contribution is -0.138. The summed E-state index contributed by atoms with van der Waals surface area (Å²) in [5.41, 5.74) is -1.83. The molecule has 0 aliphatic carbocycles. The second-order valence-electron chi connectivity index (χ2n) is 8.94. The number of benzene rings is 1. The first-order chi connectivity index (χ1) is 16.5. The largest absolute Gasteiger partial charge is 0.505 e. The zero-order chi connectivity index (χ0) is 27.2. The molecule has 36 heavy (non-hydrogen) atoms. The van der Waals surface area contributed by atoms with Crippen LogP contribution in [0.15, 0.2) is 38.7 Å². The molecule has 1 atom stereocenters. The van der Waals surface area contributed by atoms with Gasteiger partial charge in [-0.15, -0.1) is 0 Å². The van der Waals surface area contributed by atoms with Gasteiger partial charge in [-0.3, -0.25) is 14.5 Å². The number of nitrogens with zero attached hydrogens (tertiary/aromatic N) is 2. The molecule has 1 aliphatic rings. The maximum atomic E-state index is 13.5. The number of halogens is 3. The van der Waals surface area contributed by atoms with Crippen molar-refractivity contribution in [1.82, 2.24) is 9.62 Å². The maximum absolute atomic E-state index is 13.5. The van der Waals surface area contributed by atoms with Gasteiger partial charge in [-0.25, -0.2) is 8.42 Å². The lowest BCUT2D eigenvalue weighted by Gasteiger charge is -2.20. The summed E-state index contributed by atoms with van der Waals surface area (Å²) in [6.07, 6.45) is -4.91. The standard InChI is InChI=1S/C23H27F3N4O5S/c1-11(2)19(17-9-12(3)13(4)35-17)28-21-16(10-36(33,34)29-21)27-15-8-7-14(23(24,25)26)18(20(15)31)22(32)30(5)6/h7-11,19,27,31H,1-6H3,(H,28,29). The average molecular weight is 529 g/mol. The second-order valence-corrected chi connectivity index (χ2v) is 10.5. The summed E-state index contributed by atoms with van der Waals surface area (Å²) in [6, 6.07) is 2.75. The van der Waals surface area contributed by atoms with Gasteiger partial charge in [0.05, 0.1) is 27.9 Å². The number of carbonyl (C=O) groups is 1. The molecule has 2 heterocycles. The Morgan fingerprint density at radius 2 is 1.86 bits per heavy atom. The zero-order valence-electron chi connectivity index (χ0n) is 20.5. The molecule has 0 bridgehead atoms. The summed E-state index contributed by atoms with van der Waals surface area (Å²) < 4.78 is 73.3. The topological polar surface area (TPSA) is 124 Å². The number of amides is 1. The van der Waals surface area contributed by atoms with Gasteiger partial charge in [-0.2, -0.15) is 13.2 Å². The van der Waals surface area contributed by atoms with E-state index in [2.05, 4.69) is 15.0 Å². The minimum atomic E-state index is -4.91. The van der Waals surface area contributed by atoms with Gasteiger partial charge >= 0.3 is 6.18 Å². The third-order valence-electron chi connectivity index (χ3n) is 5.52. The summed E-state index contributed by atoms with van der Waals surface area (Å²) in [7, 11) is -1.49. The number of amidine groups is 1. The van der Waals surface area contributed by atoms with Crippen molar-refractivity contribution in [2.24, 2.45) is 10.9 Å². The summed E-state index contributed by atoms with van der Waals surface area (Å²) in [6.45, 7) is 7.37. The SMILES string of the molecule is Cc1cc(C(N=C2NS(=O)(=O)C=C2Nc2ccc(C(F)(F)F)c(C(=O)N(C)C)c2O)C(C)C)oc1C. The Bertz CT molecular complexity index is 1340. The molecule has 1 aromatic carbocycles. The van der Waals surface area contributed by atoms with Crippen molar-refractivity contribution in [2.45, 2.75) is 39.9 Å². The van der Waals surface area contributed by atoms with Crippen molar-refractivity contribution in [2.75, 3.05) is 19.4 Å². The van der Waals surface area contributed by atoms with E-state index in [1.807, 2.05) is 20.8 Å². The van der Waals surface area contributed by atoms with E-state index in [0.29, 0.717) is 17.6 Å². The van der Waals surface area contributed by atoms with Gasteiger partial charge in [-0.05, 0) is 43.5 Å². The molecule has 9 nitrogen and oxygen atoms in total. The molecule has 2 aromatic rings. The molecule has 196 valence electrons. The van der Waals surface area contributed by atoms with Crippen LogP contribution in [0.1, 0.15) is 52.9 Å². The molecular weight excluding hydrogens is 501 g/mol. The van der Waals surface area contributed by atoms with Crippen LogP contribution in [0.25, 0.3) is 0 Å². The van der Waals surface area contributed by atoms with Crippen LogP contribution >= 0.6 is 0 Å². The molecule has 0 radical (unpaired) electrons. The summed E-state index contributed by atoms with van der Waals surface area (Å²) in [5, 5.41) is 14.1. The minimum Gasteiger partial charge on any atom is -0.505 e. The smallest absolute Gasteiger partial charge is 0.417 e. The fourth-order valence-corrected chi connectivity index (χ4v) is 4.53. The Balaban J connectivity index is 2.09. The Morgan fingerprint density at radius 1 is 1.22 bits per heavy atom. The van der Waals surface area contributed by atoms with Crippen LogP contribution in [0, 0.1) is 19.8 Å². The number of anilines is 1. The van der Waals surface area contributed by atoms with Crippen molar-refractivity contribution >= 4 is 27.5 Å². The number of nitrogens with one attached hydrogen (secondary N) is 2. The highest BCUT2D eigenvalue weighted by atomic mass is 32.2. The lowest BCUT2D eigenvalue weighted by Crippen LogP contribution is -2.27. The number of aryl methyl sites for hydroxylation is 2. The van der Waals surface area contributed by atoms with Gasteiger partial charge in [-0.1, -0.05) is 13.8 Å². The number of hydrogen-bond acceptors (Lipinski definition) is 7. The molecule has 13 heteroatoms. The Kier molecular flexibility index (Phi) is 7.17. The van der Waals surface area contributed by atoms with Crippen LogP contribution in [0.5, 0.6) is 5.75 Å². The van der Waals surface area contributed by atoms with Gasteiger partial charge in [0.25, 0.3) is 15.9 Å². The Morgan fingerprint density at radius 3 is 2.36 bits per heavy atom. The number of carbonyl (C=O) groups excluding carboxylic acids is 1. The van der Waals surface area contributed by atoms with Crippen molar-refractivity contribution in [3.8, 4) is 5.75 Å². The predicted molar refractivity (Wildman–Crippen MR) is 128 cm³/mol. The van der Waals surface area contributed by atoms with Crippen molar-refractivity contribution in [1.29, 1.82) is 0 Å². The molecule has 1 amide bonds. The summed E-state index contributed by atoms with van der Waals surface area (Å²) in [5.74, 6) is -1.10. The van der Waals surface area contributed by atoms with Gasteiger partial charge in [0.15, 0.2) is 11.6 Å². The van der Waals surface area contributed by atoms with Crippen molar-refractivity contribution < 1.29 is 35.9 Å². The van der Waals surface area contributed by atoms with E-state index in [4.69, 9.17) is 4.42 Å². The molecule has 0 fully saturated rings. The minimum absolute atomic E-state index is 0.113. The van der Waals surface area contributed by atoms with Crippen molar-refractivity contribution in [3.05, 3.63) is 57.5 Å². The zero-order valence-corrected chi connectivity index (χ0v) is 21.3. The molecule has 0 spiro atoms. The molecule has 3 rings (SSSR count). The van der Waals surface area contributed by atoms with E-state index in [9.17, 15) is 31.5 Å². The number of furan rings is 1. The molecule has 1 unspecified atom stereocenters. The van der Waals surface area contributed by atoms with Gasteiger partial charge in [0.1, 0.15) is 17.6 Å². The van der Waals surface area contributed by atoms with Gasteiger partial charge < -0.3 is 19.7 Å². The third kappa shape index (κ3) is 5.50. The van der Waals surface area contributed by atoms with Crippen LogP contribution in [-0.4, -0.2) is 44.3 Å². The number of alkyl halides is 3. The van der Waals surface area contributed by atoms with E-state index < -0.39 is 45.0 Å². The molecule has 1 aromatic heterocycles. The first kappa shape index (κ1) is 27.1.